The van der Waals surface area contributed by atoms with E-state index in [0.29, 0.717) is 22.4 Å². The molecule has 0 aliphatic rings. The predicted molar refractivity (Wildman–Crippen MR) is 89.9 cm³/mol. The lowest BCUT2D eigenvalue weighted by molar-refractivity contribution is -0.0147. The third kappa shape index (κ3) is 4.32. The molecule has 0 atom stereocenters. The molecule has 2 rings (SSSR count). The monoisotopic (exact) mass is 332 g/mol. The highest BCUT2D eigenvalue weighted by atomic mass is 19.1. The fraction of sp³-hybridized carbons (Fsp3) is 0.316. The Kier molecular flexibility index (Phi) is 5.24. The van der Waals surface area contributed by atoms with Gasteiger partial charge in [0.25, 0.3) is 0 Å². The van der Waals surface area contributed by atoms with Gasteiger partial charge in [0.15, 0.2) is 0 Å². The summed E-state index contributed by atoms with van der Waals surface area (Å²) in [4.78, 5) is 11.2. The summed E-state index contributed by atoms with van der Waals surface area (Å²) in [5, 5.41) is 9.20. The first-order chi connectivity index (χ1) is 11.2. The van der Waals surface area contributed by atoms with Crippen molar-refractivity contribution in [3.8, 4) is 16.9 Å². The second kappa shape index (κ2) is 7.01. The van der Waals surface area contributed by atoms with Crippen molar-refractivity contribution in [1.29, 1.82) is 0 Å². The summed E-state index contributed by atoms with van der Waals surface area (Å²) in [7, 11) is 1.51. The van der Waals surface area contributed by atoms with Crippen LogP contribution in [0.2, 0.25) is 0 Å². The number of hydrogen-bond acceptors (Lipinski definition) is 3. The lowest BCUT2D eigenvalue weighted by Gasteiger charge is -2.21. The quantitative estimate of drug-likeness (QED) is 0.875. The maximum absolute atomic E-state index is 14.3. The Labute approximate surface area is 140 Å². The summed E-state index contributed by atoms with van der Waals surface area (Å²) >= 11 is 0. The molecule has 0 amide bonds. The van der Waals surface area contributed by atoms with Gasteiger partial charge in [-0.1, -0.05) is 6.07 Å². The van der Waals surface area contributed by atoms with Gasteiger partial charge in [0.1, 0.15) is 11.6 Å². The van der Waals surface area contributed by atoms with Gasteiger partial charge in [-0.25, -0.2) is 9.18 Å². The van der Waals surface area contributed by atoms with Gasteiger partial charge in [-0.3, -0.25) is 0 Å². The van der Waals surface area contributed by atoms with Crippen LogP contribution in [-0.4, -0.2) is 23.8 Å². The van der Waals surface area contributed by atoms with Crippen molar-refractivity contribution in [3.05, 3.63) is 53.3 Å². The van der Waals surface area contributed by atoms with Crippen LogP contribution in [0.15, 0.2) is 36.4 Å². The molecule has 0 aliphatic carbocycles. The molecule has 0 spiro atoms. The van der Waals surface area contributed by atoms with Crippen LogP contribution in [0.1, 0.15) is 36.7 Å². The van der Waals surface area contributed by atoms with Gasteiger partial charge in [-0.15, -0.1) is 0 Å². The molecule has 2 aromatic rings. The van der Waals surface area contributed by atoms with Crippen molar-refractivity contribution >= 4 is 5.97 Å². The Bertz CT molecular complexity index is 748. The van der Waals surface area contributed by atoms with Crippen molar-refractivity contribution in [1.82, 2.24) is 0 Å². The van der Waals surface area contributed by atoms with Crippen LogP contribution in [0.5, 0.6) is 5.75 Å². The van der Waals surface area contributed by atoms with Gasteiger partial charge in [0.2, 0.25) is 0 Å². The van der Waals surface area contributed by atoms with Crippen molar-refractivity contribution in [3.63, 3.8) is 0 Å². The highest BCUT2D eigenvalue weighted by molar-refractivity contribution is 5.89. The highest BCUT2D eigenvalue weighted by Gasteiger charge is 2.17. The van der Waals surface area contributed by atoms with Gasteiger partial charge >= 0.3 is 5.97 Å². The SMILES string of the molecule is COc1ccc(F)c(-c2ccc(C(=O)O)cc2COC(C)(C)C)c1. The first-order valence-electron chi connectivity index (χ1n) is 7.55. The Hall–Kier alpha value is -2.40. The summed E-state index contributed by atoms with van der Waals surface area (Å²) in [5.74, 6) is -0.919. The largest absolute Gasteiger partial charge is 0.497 e. The van der Waals surface area contributed by atoms with Gasteiger partial charge in [0, 0.05) is 5.56 Å². The van der Waals surface area contributed by atoms with Crippen LogP contribution in [0.3, 0.4) is 0 Å². The lowest BCUT2D eigenvalue weighted by atomic mass is 9.97. The zero-order chi connectivity index (χ0) is 17.9. The number of benzene rings is 2. The number of carbonyl (C=O) groups is 1. The van der Waals surface area contributed by atoms with E-state index in [-0.39, 0.29) is 12.2 Å². The molecule has 24 heavy (non-hydrogen) atoms. The number of halogens is 1. The van der Waals surface area contributed by atoms with Crippen molar-refractivity contribution in [2.45, 2.75) is 33.0 Å². The Morgan fingerprint density at radius 2 is 1.83 bits per heavy atom. The topological polar surface area (TPSA) is 55.8 Å². The minimum absolute atomic E-state index is 0.134. The van der Waals surface area contributed by atoms with Crippen molar-refractivity contribution < 1.29 is 23.8 Å². The first-order valence-corrected chi connectivity index (χ1v) is 7.55. The average Bonchev–Trinajstić information content (AvgIpc) is 2.52. The summed E-state index contributed by atoms with van der Waals surface area (Å²) in [6.07, 6.45) is 0. The second-order valence-corrected chi connectivity index (χ2v) is 6.42. The molecule has 4 nitrogen and oxygen atoms in total. The summed E-state index contributed by atoms with van der Waals surface area (Å²) < 4.78 is 25.2. The molecule has 0 unspecified atom stereocenters. The van der Waals surface area contributed by atoms with E-state index in [4.69, 9.17) is 9.47 Å². The molecule has 0 aliphatic heterocycles. The molecule has 0 saturated heterocycles. The first kappa shape index (κ1) is 17.9. The fourth-order valence-corrected chi connectivity index (χ4v) is 2.24. The summed E-state index contributed by atoms with van der Waals surface area (Å²) in [6, 6.07) is 9.03. The van der Waals surface area contributed by atoms with E-state index >= 15 is 0 Å². The van der Waals surface area contributed by atoms with Gasteiger partial charge in [0.05, 0.1) is 24.9 Å². The number of carboxylic acids is 1. The van der Waals surface area contributed by atoms with E-state index < -0.39 is 17.4 Å². The molecule has 0 fully saturated rings. The molecular weight excluding hydrogens is 311 g/mol. The number of ether oxygens (including phenoxy) is 2. The Morgan fingerprint density at radius 1 is 1.12 bits per heavy atom. The van der Waals surface area contributed by atoms with E-state index in [1.165, 1.54) is 31.4 Å². The number of hydrogen-bond donors (Lipinski definition) is 1. The summed E-state index contributed by atoms with van der Waals surface area (Å²) in [6.45, 7) is 5.89. The van der Waals surface area contributed by atoms with Crippen LogP contribution in [-0.2, 0) is 11.3 Å². The number of methoxy groups -OCH3 is 1. The maximum Gasteiger partial charge on any atom is 0.335 e. The molecule has 1 N–H and O–H groups in total. The molecule has 0 aromatic heterocycles. The van der Waals surface area contributed by atoms with E-state index in [1.54, 1.807) is 12.1 Å². The normalized spacial score (nSPS) is 11.4. The minimum atomic E-state index is -1.04. The average molecular weight is 332 g/mol. The van der Waals surface area contributed by atoms with Crippen molar-refractivity contribution in [2.24, 2.45) is 0 Å². The van der Waals surface area contributed by atoms with Gasteiger partial charge < -0.3 is 14.6 Å². The van der Waals surface area contributed by atoms with Crippen LogP contribution >= 0.6 is 0 Å². The van der Waals surface area contributed by atoms with E-state index in [0.717, 1.165) is 0 Å². The lowest BCUT2D eigenvalue weighted by Crippen LogP contribution is -2.19. The molecule has 5 heteroatoms. The standard InChI is InChI=1S/C19H21FO4/c1-19(2,3)24-11-13-9-12(18(21)22)5-7-15(13)16-10-14(23-4)6-8-17(16)20/h5-10H,11H2,1-4H3,(H,21,22). The van der Waals surface area contributed by atoms with E-state index in [1.807, 2.05) is 20.8 Å². The molecule has 128 valence electrons. The second-order valence-electron chi connectivity index (χ2n) is 6.42. The van der Waals surface area contributed by atoms with Crippen LogP contribution in [0.4, 0.5) is 4.39 Å². The predicted octanol–water partition coefficient (Wildman–Crippen LogP) is 4.51. The van der Waals surface area contributed by atoms with Crippen LogP contribution < -0.4 is 4.74 Å². The molecule has 0 bridgehead atoms. The minimum Gasteiger partial charge on any atom is -0.497 e. The van der Waals surface area contributed by atoms with Crippen LogP contribution in [0.25, 0.3) is 11.1 Å². The Balaban J connectivity index is 2.54. The molecule has 2 aromatic carbocycles. The van der Waals surface area contributed by atoms with E-state index in [2.05, 4.69) is 0 Å². The zero-order valence-electron chi connectivity index (χ0n) is 14.2. The van der Waals surface area contributed by atoms with Crippen LogP contribution in [0, 0.1) is 5.82 Å². The number of aromatic carboxylic acids is 1. The Morgan fingerprint density at radius 3 is 2.42 bits per heavy atom. The third-order valence-corrected chi connectivity index (χ3v) is 3.48. The van der Waals surface area contributed by atoms with Gasteiger partial charge in [-0.2, -0.15) is 0 Å². The number of rotatable bonds is 5. The smallest absolute Gasteiger partial charge is 0.335 e. The molecule has 0 saturated carbocycles. The van der Waals surface area contributed by atoms with E-state index in [9.17, 15) is 14.3 Å². The highest BCUT2D eigenvalue weighted by Crippen LogP contribution is 2.31. The van der Waals surface area contributed by atoms with Crippen molar-refractivity contribution in [2.75, 3.05) is 7.11 Å². The summed E-state index contributed by atoms with van der Waals surface area (Å²) in [5.41, 5.74) is 1.27. The fourth-order valence-electron chi connectivity index (χ4n) is 2.24. The number of carboxylic acid groups (broad SMARTS) is 1. The maximum atomic E-state index is 14.3. The van der Waals surface area contributed by atoms with Gasteiger partial charge in [-0.05, 0) is 62.2 Å². The molecule has 0 radical (unpaired) electrons. The molecular formula is C19H21FO4. The third-order valence-electron chi connectivity index (χ3n) is 3.48. The zero-order valence-corrected chi connectivity index (χ0v) is 14.2. The molecule has 0 heterocycles.